The van der Waals surface area contributed by atoms with Crippen LogP contribution in [0.5, 0.6) is 5.75 Å². The number of anilines is 3. The van der Waals surface area contributed by atoms with E-state index in [2.05, 4.69) is 15.6 Å². The molecule has 1 aliphatic heterocycles. The number of likely N-dealkylation sites (tertiary alicyclic amines) is 1. The van der Waals surface area contributed by atoms with Gasteiger partial charge in [0.15, 0.2) is 0 Å². The monoisotopic (exact) mass is 427 g/mol. The molecule has 2 heterocycles. The molecule has 0 unspecified atom stereocenters. The summed E-state index contributed by atoms with van der Waals surface area (Å²) in [5.41, 5.74) is 7.30. The number of methoxy groups -OCH3 is 2. The second-order valence-electron chi connectivity index (χ2n) is 7.49. The minimum absolute atomic E-state index is 0.0000797. The van der Waals surface area contributed by atoms with Gasteiger partial charge in [0.05, 0.1) is 18.4 Å². The van der Waals surface area contributed by atoms with Crippen LogP contribution in [0.2, 0.25) is 0 Å². The van der Waals surface area contributed by atoms with Gasteiger partial charge in [-0.3, -0.25) is 9.59 Å². The number of amides is 2. The zero-order valence-corrected chi connectivity index (χ0v) is 17.9. The Labute approximate surface area is 181 Å². The summed E-state index contributed by atoms with van der Waals surface area (Å²) in [4.78, 5) is 30.1. The third-order valence-corrected chi connectivity index (χ3v) is 5.25. The number of nitrogens with zero attached hydrogens (tertiary/aromatic N) is 2. The lowest BCUT2D eigenvalue weighted by Crippen LogP contribution is -2.43. The quantitative estimate of drug-likeness (QED) is 0.561. The van der Waals surface area contributed by atoms with Crippen molar-refractivity contribution in [2.45, 2.75) is 12.8 Å². The molecule has 166 valence electrons. The normalized spacial score (nSPS) is 15.9. The van der Waals surface area contributed by atoms with Crippen LogP contribution < -0.4 is 21.1 Å². The van der Waals surface area contributed by atoms with Crippen molar-refractivity contribution >= 4 is 29.0 Å². The number of carbonyl (C=O) groups is 2. The Morgan fingerprint density at radius 3 is 2.71 bits per heavy atom. The molecule has 1 aromatic carbocycles. The molecule has 0 bridgehead atoms. The molecule has 1 aliphatic rings. The lowest BCUT2D eigenvalue weighted by molar-refractivity contribution is -0.136. The van der Waals surface area contributed by atoms with Gasteiger partial charge in [-0.1, -0.05) is 0 Å². The van der Waals surface area contributed by atoms with E-state index in [9.17, 15) is 9.59 Å². The van der Waals surface area contributed by atoms with Crippen molar-refractivity contribution in [1.82, 2.24) is 9.88 Å². The molecular formula is C22H29N5O4. The first-order valence-corrected chi connectivity index (χ1v) is 10.2. The number of piperidine rings is 1. The van der Waals surface area contributed by atoms with Crippen molar-refractivity contribution in [1.29, 1.82) is 0 Å². The second kappa shape index (κ2) is 10.6. The predicted molar refractivity (Wildman–Crippen MR) is 119 cm³/mol. The van der Waals surface area contributed by atoms with E-state index in [4.69, 9.17) is 15.2 Å². The number of aromatic nitrogens is 1. The fourth-order valence-corrected chi connectivity index (χ4v) is 3.62. The molecule has 1 saturated heterocycles. The fourth-order valence-electron chi connectivity index (χ4n) is 3.62. The molecule has 1 atom stereocenters. The lowest BCUT2D eigenvalue weighted by Gasteiger charge is -2.33. The zero-order chi connectivity index (χ0) is 22.2. The number of rotatable bonds is 9. The maximum Gasteiger partial charge on any atom is 0.252 e. The van der Waals surface area contributed by atoms with Gasteiger partial charge in [-0.2, -0.15) is 0 Å². The van der Waals surface area contributed by atoms with Crippen LogP contribution in [-0.4, -0.2) is 62.2 Å². The van der Waals surface area contributed by atoms with Crippen LogP contribution in [0.4, 0.5) is 17.2 Å². The van der Waals surface area contributed by atoms with Gasteiger partial charge in [0.1, 0.15) is 18.2 Å². The summed E-state index contributed by atoms with van der Waals surface area (Å²) >= 11 is 0. The third-order valence-electron chi connectivity index (χ3n) is 5.25. The first-order valence-electron chi connectivity index (χ1n) is 10.2. The Balaban J connectivity index is 1.68. The summed E-state index contributed by atoms with van der Waals surface area (Å²) in [7, 11) is 3.14. The van der Waals surface area contributed by atoms with Gasteiger partial charge in [0, 0.05) is 44.7 Å². The Morgan fingerprint density at radius 1 is 1.26 bits per heavy atom. The first kappa shape index (κ1) is 22.4. The maximum atomic E-state index is 12.1. The van der Waals surface area contributed by atoms with Gasteiger partial charge in [0.2, 0.25) is 5.91 Å². The van der Waals surface area contributed by atoms with E-state index in [1.807, 2.05) is 29.2 Å². The van der Waals surface area contributed by atoms with Crippen LogP contribution >= 0.6 is 0 Å². The number of pyridine rings is 1. The Bertz CT molecular complexity index is 903. The largest absolute Gasteiger partial charge is 0.497 e. The SMILES string of the molecule is COCC(=O)N1CCC[C@@H](CNc2cc(Nc3ccc(OC)cc3)ncc2C(N)=O)C1. The summed E-state index contributed by atoms with van der Waals surface area (Å²) in [5.74, 6) is 1.06. The van der Waals surface area contributed by atoms with E-state index in [0.717, 1.165) is 30.8 Å². The number of nitrogens with two attached hydrogens (primary N) is 1. The molecule has 0 aliphatic carbocycles. The summed E-state index contributed by atoms with van der Waals surface area (Å²) in [5, 5.41) is 6.54. The van der Waals surface area contributed by atoms with Crippen molar-refractivity contribution < 1.29 is 19.1 Å². The van der Waals surface area contributed by atoms with E-state index in [1.54, 1.807) is 13.2 Å². The summed E-state index contributed by atoms with van der Waals surface area (Å²) in [6.07, 6.45) is 3.40. The highest BCUT2D eigenvalue weighted by molar-refractivity contribution is 5.98. The van der Waals surface area contributed by atoms with Crippen molar-refractivity contribution in [3.63, 3.8) is 0 Å². The standard InChI is InChI=1S/C22H29N5O4/c1-30-14-21(28)27-9-3-4-15(13-27)11-24-19-10-20(25-12-18(19)22(23)29)26-16-5-7-17(31-2)8-6-16/h5-8,10,12,15H,3-4,9,11,13-14H2,1-2H3,(H2,23,29)(H2,24,25,26)/t15-/m0/s1. The van der Waals surface area contributed by atoms with Gasteiger partial charge >= 0.3 is 0 Å². The number of hydrogen-bond acceptors (Lipinski definition) is 7. The second-order valence-corrected chi connectivity index (χ2v) is 7.49. The van der Waals surface area contributed by atoms with Crippen LogP contribution in [0.1, 0.15) is 23.2 Å². The maximum absolute atomic E-state index is 12.1. The van der Waals surface area contributed by atoms with Crippen molar-refractivity contribution in [3.05, 3.63) is 42.1 Å². The molecule has 0 saturated carbocycles. The van der Waals surface area contributed by atoms with Gasteiger partial charge in [-0.25, -0.2) is 4.98 Å². The molecule has 2 amide bonds. The van der Waals surface area contributed by atoms with Crippen molar-refractivity contribution in [2.75, 3.05) is 51.1 Å². The molecular weight excluding hydrogens is 398 g/mol. The number of primary amides is 1. The van der Waals surface area contributed by atoms with Crippen LogP contribution in [0.3, 0.4) is 0 Å². The molecule has 1 fully saturated rings. The highest BCUT2D eigenvalue weighted by Gasteiger charge is 2.23. The van der Waals surface area contributed by atoms with Crippen molar-refractivity contribution in [2.24, 2.45) is 11.7 Å². The zero-order valence-electron chi connectivity index (χ0n) is 17.9. The van der Waals surface area contributed by atoms with E-state index in [-0.39, 0.29) is 18.4 Å². The minimum Gasteiger partial charge on any atom is -0.497 e. The molecule has 3 rings (SSSR count). The van der Waals surface area contributed by atoms with Crippen LogP contribution in [-0.2, 0) is 9.53 Å². The average molecular weight is 428 g/mol. The number of ether oxygens (including phenoxy) is 2. The number of carbonyl (C=O) groups excluding carboxylic acids is 2. The van der Waals surface area contributed by atoms with Crippen molar-refractivity contribution in [3.8, 4) is 5.75 Å². The number of nitrogens with one attached hydrogen (secondary N) is 2. The molecule has 9 heteroatoms. The summed E-state index contributed by atoms with van der Waals surface area (Å²) < 4.78 is 10.1. The van der Waals surface area contributed by atoms with Gasteiger partial charge < -0.3 is 30.7 Å². The van der Waals surface area contributed by atoms with Gasteiger partial charge in [0.25, 0.3) is 5.91 Å². The molecule has 0 radical (unpaired) electrons. The predicted octanol–water partition coefficient (Wildman–Crippen LogP) is 2.23. The smallest absolute Gasteiger partial charge is 0.252 e. The summed E-state index contributed by atoms with van der Waals surface area (Å²) in [6.45, 7) is 2.11. The third kappa shape index (κ3) is 6.08. The van der Waals surface area contributed by atoms with Gasteiger partial charge in [-0.15, -0.1) is 0 Å². The van der Waals surface area contributed by atoms with Gasteiger partial charge in [-0.05, 0) is 43.0 Å². The van der Waals surface area contributed by atoms with E-state index >= 15 is 0 Å². The molecule has 2 aromatic rings. The Kier molecular flexibility index (Phi) is 7.66. The van der Waals surface area contributed by atoms with Crippen LogP contribution in [0, 0.1) is 5.92 Å². The minimum atomic E-state index is -0.549. The molecule has 31 heavy (non-hydrogen) atoms. The van der Waals surface area contributed by atoms with E-state index in [0.29, 0.717) is 30.2 Å². The van der Waals surface area contributed by atoms with E-state index in [1.165, 1.54) is 13.3 Å². The lowest BCUT2D eigenvalue weighted by atomic mass is 9.97. The Hall–Kier alpha value is -3.33. The topological polar surface area (TPSA) is 119 Å². The molecule has 0 spiro atoms. The Morgan fingerprint density at radius 2 is 2.03 bits per heavy atom. The number of hydrogen-bond donors (Lipinski definition) is 3. The highest BCUT2D eigenvalue weighted by Crippen LogP contribution is 2.24. The number of benzene rings is 1. The average Bonchev–Trinajstić information content (AvgIpc) is 2.78. The fraction of sp³-hybridized carbons (Fsp3) is 0.409. The first-order chi connectivity index (χ1) is 15.0. The molecule has 9 nitrogen and oxygen atoms in total. The van der Waals surface area contributed by atoms with E-state index < -0.39 is 5.91 Å². The molecule has 4 N–H and O–H groups in total. The molecule has 1 aromatic heterocycles. The summed E-state index contributed by atoms with van der Waals surface area (Å²) in [6, 6.07) is 9.21. The van der Waals surface area contributed by atoms with Crippen LogP contribution in [0.25, 0.3) is 0 Å². The van der Waals surface area contributed by atoms with Crippen LogP contribution in [0.15, 0.2) is 36.5 Å². The highest BCUT2D eigenvalue weighted by atomic mass is 16.5.